The highest BCUT2D eigenvalue weighted by atomic mass is 16.3. The summed E-state index contributed by atoms with van der Waals surface area (Å²) in [5.41, 5.74) is 3.73. The summed E-state index contributed by atoms with van der Waals surface area (Å²) < 4.78 is 0. The van der Waals surface area contributed by atoms with Gasteiger partial charge in [-0.1, -0.05) is 24.3 Å². The van der Waals surface area contributed by atoms with E-state index in [9.17, 15) is 4.79 Å². The lowest BCUT2D eigenvalue weighted by atomic mass is 9.78. The van der Waals surface area contributed by atoms with E-state index in [1.165, 1.54) is 11.1 Å². The molecular formula is C21H27N5O2. The Kier molecular flexibility index (Phi) is 5.83. The average Bonchev–Trinajstić information content (AvgIpc) is 2.69. The SMILES string of the molecule is O=C(CN1CCc2ccccc2C1)NC1CC(c2cc(NCCO)ncn2)C1. The molecule has 2 aliphatic rings. The molecule has 1 aliphatic heterocycles. The Morgan fingerprint density at radius 1 is 1.21 bits per heavy atom. The molecule has 7 heteroatoms. The van der Waals surface area contributed by atoms with Gasteiger partial charge in [-0.15, -0.1) is 0 Å². The summed E-state index contributed by atoms with van der Waals surface area (Å²) in [6, 6.07) is 10.6. The molecule has 0 atom stereocenters. The predicted octanol–water partition coefficient (Wildman–Crippen LogP) is 1.30. The normalized spacial score (nSPS) is 21.5. The van der Waals surface area contributed by atoms with Crippen LogP contribution in [0.3, 0.4) is 0 Å². The molecule has 4 rings (SSSR count). The van der Waals surface area contributed by atoms with Crippen LogP contribution in [0.2, 0.25) is 0 Å². The van der Waals surface area contributed by atoms with Crippen molar-refractivity contribution in [1.29, 1.82) is 0 Å². The first-order valence-electron chi connectivity index (χ1n) is 9.96. The van der Waals surface area contributed by atoms with E-state index in [1.807, 2.05) is 6.07 Å². The fourth-order valence-corrected chi connectivity index (χ4v) is 4.02. The first-order chi connectivity index (χ1) is 13.7. The number of rotatable bonds is 7. The molecule has 1 saturated carbocycles. The van der Waals surface area contributed by atoms with Crippen LogP contribution in [0.5, 0.6) is 0 Å². The van der Waals surface area contributed by atoms with Crippen molar-refractivity contribution < 1.29 is 9.90 Å². The monoisotopic (exact) mass is 381 g/mol. The van der Waals surface area contributed by atoms with Gasteiger partial charge in [0.05, 0.1) is 13.2 Å². The van der Waals surface area contributed by atoms with Gasteiger partial charge in [0.25, 0.3) is 0 Å². The minimum atomic E-state index is 0.0689. The van der Waals surface area contributed by atoms with E-state index in [0.717, 1.165) is 43.9 Å². The average molecular weight is 381 g/mol. The number of nitrogens with zero attached hydrogens (tertiary/aromatic N) is 3. The molecule has 3 N–H and O–H groups in total. The summed E-state index contributed by atoms with van der Waals surface area (Å²) in [4.78, 5) is 23.2. The summed E-state index contributed by atoms with van der Waals surface area (Å²) in [5, 5.41) is 15.1. The molecule has 7 nitrogen and oxygen atoms in total. The van der Waals surface area contributed by atoms with Gasteiger partial charge in [-0.3, -0.25) is 9.69 Å². The third kappa shape index (κ3) is 4.48. The first kappa shape index (κ1) is 18.8. The van der Waals surface area contributed by atoms with Gasteiger partial charge in [0, 0.05) is 43.4 Å². The number of anilines is 1. The van der Waals surface area contributed by atoms with Gasteiger partial charge in [0.2, 0.25) is 5.91 Å². The molecule has 0 radical (unpaired) electrons. The van der Waals surface area contributed by atoms with Crippen molar-refractivity contribution in [2.75, 3.05) is 31.6 Å². The Morgan fingerprint density at radius 2 is 2.04 bits per heavy atom. The Labute approximate surface area is 165 Å². The van der Waals surface area contributed by atoms with Crippen LogP contribution in [0.4, 0.5) is 5.82 Å². The van der Waals surface area contributed by atoms with Crippen LogP contribution in [-0.2, 0) is 17.8 Å². The number of aliphatic hydroxyl groups excluding tert-OH is 1. The molecule has 0 bridgehead atoms. The maximum absolute atomic E-state index is 12.4. The molecule has 2 aromatic rings. The molecular weight excluding hydrogens is 354 g/mol. The zero-order valence-corrected chi connectivity index (χ0v) is 16.0. The largest absolute Gasteiger partial charge is 0.395 e. The summed E-state index contributed by atoms with van der Waals surface area (Å²) in [7, 11) is 0. The third-order valence-electron chi connectivity index (χ3n) is 5.60. The zero-order chi connectivity index (χ0) is 19.3. The Morgan fingerprint density at radius 3 is 2.86 bits per heavy atom. The number of nitrogens with one attached hydrogen (secondary N) is 2. The van der Waals surface area contributed by atoms with Gasteiger partial charge in [-0.2, -0.15) is 0 Å². The molecule has 1 aromatic heterocycles. The number of hydrogen-bond donors (Lipinski definition) is 3. The lowest BCUT2D eigenvalue weighted by molar-refractivity contribution is -0.123. The molecule has 0 spiro atoms. The lowest BCUT2D eigenvalue weighted by Crippen LogP contribution is -2.48. The van der Waals surface area contributed by atoms with Crippen LogP contribution in [0.15, 0.2) is 36.7 Å². The maximum atomic E-state index is 12.4. The molecule has 148 valence electrons. The van der Waals surface area contributed by atoms with E-state index in [4.69, 9.17) is 5.11 Å². The van der Waals surface area contributed by atoms with E-state index in [2.05, 4.69) is 49.8 Å². The van der Waals surface area contributed by atoms with Crippen LogP contribution in [0, 0.1) is 0 Å². The Balaban J connectivity index is 1.22. The number of hydrogen-bond acceptors (Lipinski definition) is 6. The number of fused-ring (bicyclic) bond motifs is 1. The number of carbonyl (C=O) groups excluding carboxylic acids is 1. The standard InChI is InChI=1S/C21H27N5O2/c27-8-6-22-20-11-19(23-14-24-20)17-9-18(10-17)25-21(28)13-26-7-5-15-3-1-2-4-16(15)12-26/h1-4,11,14,17-18,27H,5-10,12-13H2,(H,25,28)(H,22,23,24). The highest BCUT2D eigenvalue weighted by Crippen LogP contribution is 2.36. The van der Waals surface area contributed by atoms with E-state index >= 15 is 0 Å². The molecule has 0 unspecified atom stereocenters. The second-order valence-electron chi connectivity index (χ2n) is 7.64. The number of aromatic nitrogens is 2. The second-order valence-corrected chi connectivity index (χ2v) is 7.64. The van der Waals surface area contributed by atoms with Gasteiger partial charge < -0.3 is 15.7 Å². The predicted molar refractivity (Wildman–Crippen MR) is 107 cm³/mol. The lowest BCUT2D eigenvalue weighted by Gasteiger charge is -2.36. The highest BCUT2D eigenvalue weighted by molar-refractivity contribution is 5.78. The van der Waals surface area contributed by atoms with Crippen LogP contribution in [0.1, 0.15) is 35.6 Å². The summed E-state index contributed by atoms with van der Waals surface area (Å²) in [5.74, 6) is 1.19. The van der Waals surface area contributed by atoms with Gasteiger partial charge in [-0.05, 0) is 30.4 Å². The van der Waals surface area contributed by atoms with Crippen molar-refractivity contribution in [2.24, 2.45) is 0 Å². The topological polar surface area (TPSA) is 90.4 Å². The minimum Gasteiger partial charge on any atom is -0.395 e. The third-order valence-corrected chi connectivity index (χ3v) is 5.60. The Bertz CT molecular complexity index is 822. The van der Waals surface area contributed by atoms with Crippen molar-refractivity contribution in [2.45, 2.75) is 37.8 Å². The molecule has 2 heterocycles. The molecule has 1 aromatic carbocycles. The van der Waals surface area contributed by atoms with E-state index < -0.39 is 0 Å². The minimum absolute atomic E-state index is 0.0689. The van der Waals surface area contributed by atoms with Crippen LogP contribution >= 0.6 is 0 Å². The van der Waals surface area contributed by atoms with Crippen molar-refractivity contribution in [3.8, 4) is 0 Å². The quantitative estimate of drug-likeness (QED) is 0.670. The number of carbonyl (C=O) groups is 1. The fraction of sp³-hybridized carbons (Fsp3) is 0.476. The van der Waals surface area contributed by atoms with Gasteiger partial charge in [-0.25, -0.2) is 9.97 Å². The van der Waals surface area contributed by atoms with Crippen molar-refractivity contribution >= 4 is 11.7 Å². The molecule has 28 heavy (non-hydrogen) atoms. The number of benzene rings is 1. The smallest absolute Gasteiger partial charge is 0.234 e. The van der Waals surface area contributed by atoms with Crippen LogP contribution in [-0.4, -0.2) is 58.2 Å². The summed E-state index contributed by atoms with van der Waals surface area (Å²) in [6.45, 7) is 2.78. The van der Waals surface area contributed by atoms with Gasteiger partial charge in [0.15, 0.2) is 0 Å². The molecule has 1 aliphatic carbocycles. The van der Waals surface area contributed by atoms with E-state index in [1.54, 1.807) is 6.33 Å². The first-order valence-corrected chi connectivity index (χ1v) is 9.96. The second kappa shape index (κ2) is 8.67. The number of aliphatic hydroxyl groups is 1. The molecule has 0 saturated heterocycles. The van der Waals surface area contributed by atoms with Gasteiger partial charge >= 0.3 is 0 Å². The highest BCUT2D eigenvalue weighted by Gasteiger charge is 2.33. The number of amides is 1. The van der Waals surface area contributed by atoms with Crippen LogP contribution < -0.4 is 10.6 Å². The molecule has 1 fully saturated rings. The van der Waals surface area contributed by atoms with Crippen molar-refractivity contribution in [3.63, 3.8) is 0 Å². The van der Waals surface area contributed by atoms with Gasteiger partial charge in [0.1, 0.15) is 12.1 Å². The van der Waals surface area contributed by atoms with Crippen LogP contribution in [0.25, 0.3) is 0 Å². The summed E-state index contributed by atoms with van der Waals surface area (Å²) in [6.07, 6.45) is 4.38. The van der Waals surface area contributed by atoms with Crippen molar-refractivity contribution in [1.82, 2.24) is 20.2 Å². The molecule has 1 amide bonds. The van der Waals surface area contributed by atoms with E-state index in [0.29, 0.717) is 19.0 Å². The summed E-state index contributed by atoms with van der Waals surface area (Å²) >= 11 is 0. The fourth-order valence-electron chi connectivity index (χ4n) is 4.02. The van der Waals surface area contributed by atoms with Crippen molar-refractivity contribution in [3.05, 3.63) is 53.5 Å². The van der Waals surface area contributed by atoms with E-state index in [-0.39, 0.29) is 18.6 Å². The Hall–Kier alpha value is -2.51. The zero-order valence-electron chi connectivity index (χ0n) is 16.0. The maximum Gasteiger partial charge on any atom is 0.234 e.